The number of likely N-dealkylation sites (N-methyl/N-ethyl adjacent to an activating group) is 1. The van der Waals surface area contributed by atoms with Crippen LogP contribution in [0, 0.1) is 0 Å². The van der Waals surface area contributed by atoms with Crippen LogP contribution in [0.3, 0.4) is 0 Å². The minimum atomic E-state index is 0.558. The van der Waals surface area contributed by atoms with E-state index in [2.05, 4.69) is 42.2 Å². The monoisotopic (exact) mass is 207 g/mol. The number of nitrogens with one attached hydrogen (secondary N) is 1. The van der Waals surface area contributed by atoms with Gasteiger partial charge in [-0.25, -0.2) is 0 Å². The molecule has 2 unspecified atom stereocenters. The fraction of sp³-hybridized carbons (Fsp3) is 0.750. The van der Waals surface area contributed by atoms with Gasteiger partial charge >= 0.3 is 0 Å². The van der Waals surface area contributed by atoms with E-state index >= 15 is 0 Å². The van der Waals surface area contributed by atoms with Gasteiger partial charge in [-0.1, -0.05) is 13.8 Å². The van der Waals surface area contributed by atoms with E-state index in [9.17, 15) is 0 Å². The Labute approximate surface area is 91.9 Å². The van der Waals surface area contributed by atoms with Crippen LogP contribution >= 0.6 is 0 Å². The highest BCUT2D eigenvalue weighted by Crippen LogP contribution is 2.30. The molecule has 84 valence electrons. The normalized spacial score (nSPS) is 26.4. The molecule has 1 heterocycles. The van der Waals surface area contributed by atoms with Crippen molar-refractivity contribution in [2.75, 3.05) is 7.05 Å². The van der Waals surface area contributed by atoms with Gasteiger partial charge in [0.1, 0.15) is 0 Å². The lowest BCUT2D eigenvalue weighted by molar-refractivity contribution is 0.383. The van der Waals surface area contributed by atoms with Gasteiger partial charge in [0.2, 0.25) is 0 Å². The summed E-state index contributed by atoms with van der Waals surface area (Å²) >= 11 is 0. The number of nitrogens with zero attached hydrogens (tertiary/aromatic N) is 2. The molecule has 1 aliphatic rings. The average molecular weight is 207 g/mol. The lowest BCUT2D eigenvalue weighted by Crippen LogP contribution is -2.31. The van der Waals surface area contributed by atoms with E-state index in [0.717, 1.165) is 0 Å². The molecule has 3 heteroatoms. The van der Waals surface area contributed by atoms with Crippen molar-refractivity contribution in [3.63, 3.8) is 0 Å². The Kier molecular flexibility index (Phi) is 3.10. The van der Waals surface area contributed by atoms with E-state index in [0.29, 0.717) is 18.0 Å². The zero-order valence-electron chi connectivity index (χ0n) is 9.90. The van der Waals surface area contributed by atoms with Crippen molar-refractivity contribution in [2.45, 2.75) is 51.1 Å². The first-order valence-corrected chi connectivity index (χ1v) is 5.93. The molecule has 1 fully saturated rings. The van der Waals surface area contributed by atoms with Crippen LogP contribution in [0.1, 0.15) is 50.6 Å². The zero-order valence-corrected chi connectivity index (χ0v) is 9.90. The van der Waals surface area contributed by atoms with Gasteiger partial charge in [0.15, 0.2) is 0 Å². The van der Waals surface area contributed by atoms with Crippen molar-refractivity contribution in [3.05, 3.63) is 18.0 Å². The number of hydrogen-bond donors (Lipinski definition) is 1. The van der Waals surface area contributed by atoms with Crippen molar-refractivity contribution in [1.82, 2.24) is 15.1 Å². The molecule has 0 aromatic carbocycles. The van der Waals surface area contributed by atoms with Crippen LogP contribution < -0.4 is 5.32 Å². The predicted octanol–water partition coefficient (Wildman–Crippen LogP) is 2.32. The third-order valence-electron chi connectivity index (χ3n) is 3.48. The van der Waals surface area contributed by atoms with Gasteiger partial charge in [0.25, 0.3) is 0 Å². The van der Waals surface area contributed by atoms with E-state index in [1.165, 1.54) is 24.8 Å². The first-order chi connectivity index (χ1) is 7.22. The number of rotatable bonds is 3. The summed E-state index contributed by atoms with van der Waals surface area (Å²) in [5.41, 5.74) is 1.34. The molecule has 0 radical (unpaired) electrons. The van der Waals surface area contributed by atoms with Gasteiger partial charge in [-0.3, -0.25) is 4.68 Å². The second kappa shape index (κ2) is 4.35. The Hall–Kier alpha value is -0.830. The Balaban J connectivity index is 2.14. The Bertz CT molecular complexity index is 316. The molecule has 0 amide bonds. The van der Waals surface area contributed by atoms with E-state index in [1.54, 1.807) is 0 Å². The molecule has 0 aliphatic heterocycles. The largest absolute Gasteiger partial charge is 0.315 e. The Morgan fingerprint density at radius 2 is 2.27 bits per heavy atom. The third-order valence-corrected chi connectivity index (χ3v) is 3.48. The topological polar surface area (TPSA) is 29.9 Å². The summed E-state index contributed by atoms with van der Waals surface area (Å²) in [4.78, 5) is 0. The molecule has 3 nitrogen and oxygen atoms in total. The van der Waals surface area contributed by atoms with Gasteiger partial charge in [0.05, 0.1) is 12.2 Å². The molecule has 1 N–H and O–H groups in total. The first-order valence-electron chi connectivity index (χ1n) is 5.93. The molecule has 2 rings (SSSR count). The summed E-state index contributed by atoms with van der Waals surface area (Å²) in [5.74, 6) is 0.577. The molecule has 15 heavy (non-hydrogen) atoms. The van der Waals surface area contributed by atoms with Crippen LogP contribution in [0.25, 0.3) is 0 Å². The van der Waals surface area contributed by atoms with Crippen molar-refractivity contribution >= 4 is 0 Å². The van der Waals surface area contributed by atoms with Crippen LogP contribution in [-0.4, -0.2) is 22.9 Å². The van der Waals surface area contributed by atoms with Crippen LogP contribution in [0.2, 0.25) is 0 Å². The molecule has 0 bridgehead atoms. The maximum atomic E-state index is 4.49. The van der Waals surface area contributed by atoms with Gasteiger partial charge in [0, 0.05) is 12.2 Å². The maximum absolute atomic E-state index is 4.49. The number of hydrogen-bond acceptors (Lipinski definition) is 2. The van der Waals surface area contributed by atoms with Gasteiger partial charge in [-0.2, -0.15) is 5.10 Å². The fourth-order valence-electron chi connectivity index (χ4n) is 2.43. The molecule has 1 saturated carbocycles. The highest BCUT2D eigenvalue weighted by atomic mass is 15.3. The number of aromatic nitrogens is 2. The van der Waals surface area contributed by atoms with E-state index in [1.807, 2.05) is 6.20 Å². The Morgan fingerprint density at radius 1 is 1.47 bits per heavy atom. The predicted molar refractivity (Wildman–Crippen MR) is 62.1 cm³/mol. The summed E-state index contributed by atoms with van der Waals surface area (Å²) < 4.78 is 2.16. The van der Waals surface area contributed by atoms with E-state index in [4.69, 9.17) is 0 Å². The molecule has 0 spiro atoms. The molecule has 0 saturated heterocycles. The molecule has 1 aliphatic carbocycles. The molecule has 2 atom stereocenters. The SMILES string of the molecule is CNC1CCCC1n1cc(C(C)C)cn1. The zero-order chi connectivity index (χ0) is 10.8. The Morgan fingerprint density at radius 3 is 2.87 bits per heavy atom. The summed E-state index contributed by atoms with van der Waals surface area (Å²) in [6.07, 6.45) is 8.07. The van der Waals surface area contributed by atoms with Gasteiger partial charge in [-0.15, -0.1) is 0 Å². The molecular formula is C12H21N3. The van der Waals surface area contributed by atoms with E-state index < -0.39 is 0 Å². The second-order valence-electron chi connectivity index (χ2n) is 4.80. The summed E-state index contributed by atoms with van der Waals surface area (Å²) in [5, 5.41) is 7.88. The smallest absolute Gasteiger partial charge is 0.0672 e. The van der Waals surface area contributed by atoms with Crippen molar-refractivity contribution in [2.24, 2.45) is 0 Å². The average Bonchev–Trinajstić information content (AvgIpc) is 2.85. The van der Waals surface area contributed by atoms with Crippen LogP contribution in [-0.2, 0) is 0 Å². The summed E-state index contributed by atoms with van der Waals surface area (Å²) in [6, 6.07) is 1.16. The van der Waals surface area contributed by atoms with Crippen LogP contribution in [0.4, 0.5) is 0 Å². The maximum Gasteiger partial charge on any atom is 0.0672 e. The lowest BCUT2D eigenvalue weighted by Gasteiger charge is -2.19. The summed E-state index contributed by atoms with van der Waals surface area (Å²) in [6.45, 7) is 4.43. The minimum Gasteiger partial charge on any atom is -0.315 e. The van der Waals surface area contributed by atoms with Crippen molar-refractivity contribution < 1.29 is 0 Å². The van der Waals surface area contributed by atoms with Gasteiger partial charge < -0.3 is 5.32 Å². The van der Waals surface area contributed by atoms with Crippen LogP contribution in [0.5, 0.6) is 0 Å². The van der Waals surface area contributed by atoms with Crippen molar-refractivity contribution in [1.29, 1.82) is 0 Å². The second-order valence-corrected chi connectivity index (χ2v) is 4.80. The fourth-order valence-corrected chi connectivity index (χ4v) is 2.43. The molecular weight excluding hydrogens is 186 g/mol. The third kappa shape index (κ3) is 2.07. The van der Waals surface area contributed by atoms with Crippen molar-refractivity contribution in [3.8, 4) is 0 Å². The highest BCUT2D eigenvalue weighted by Gasteiger charge is 2.27. The van der Waals surface area contributed by atoms with E-state index in [-0.39, 0.29) is 0 Å². The molecule has 1 aromatic rings. The highest BCUT2D eigenvalue weighted by molar-refractivity contribution is 5.10. The van der Waals surface area contributed by atoms with Gasteiger partial charge in [-0.05, 0) is 37.8 Å². The standard InChI is InChI=1S/C12H21N3/c1-9(2)10-7-14-15(8-10)12-6-4-5-11(12)13-3/h7-9,11-13H,4-6H2,1-3H3. The molecule has 1 aromatic heterocycles. The summed E-state index contributed by atoms with van der Waals surface area (Å²) in [7, 11) is 2.05. The quantitative estimate of drug-likeness (QED) is 0.824. The minimum absolute atomic E-state index is 0.558. The van der Waals surface area contributed by atoms with Crippen LogP contribution in [0.15, 0.2) is 12.4 Å². The first kappa shape index (κ1) is 10.7. The lowest BCUT2D eigenvalue weighted by atomic mass is 10.1.